The molecule has 1 aromatic heterocycles. The number of aromatic nitrogens is 2. The minimum atomic E-state index is -0.662. The smallest absolute Gasteiger partial charge is 0.255 e. The van der Waals surface area contributed by atoms with E-state index in [0.717, 1.165) is 6.42 Å². The number of carbonyl (C=O) groups excluding carboxylic acids is 2. The van der Waals surface area contributed by atoms with Crippen LogP contribution in [0.1, 0.15) is 51.4 Å². The summed E-state index contributed by atoms with van der Waals surface area (Å²) in [6.45, 7) is 9.81. The molecule has 0 bridgehead atoms. The first-order valence-electron chi connectivity index (χ1n) is 6.82. The maximum absolute atomic E-state index is 12.1. The molecule has 0 aliphatic heterocycles. The summed E-state index contributed by atoms with van der Waals surface area (Å²) in [5, 5.41) is 6.85. The average molecular weight is 280 g/mol. The van der Waals surface area contributed by atoms with E-state index in [1.54, 1.807) is 10.9 Å². The molecule has 0 spiro atoms. The average Bonchev–Trinajstić information content (AvgIpc) is 2.83. The van der Waals surface area contributed by atoms with Gasteiger partial charge in [-0.3, -0.25) is 14.3 Å². The number of nitrogens with one attached hydrogen (secondary N) is 1. The highest BCUT2D eigenvalue weighted by Crippen LogP contribution is 2.14. The predicted molar refractivity (Wildman–Crippen MR) is 77.1 cm³/mol. The van der Waals surface area contributed by atoms with Crippen LogP contribution in [-0.2, 0) is 10.3 Å². The van der Waals surface area contributed by atoms with Gasteiger partial charge in [0.2, 0.25) is 5.91 Å². The topological polar surface area (TPSA) is 90.0 Å². The number of carbonyl (C=O) groups is 2. The standard InChI is InChI=1S/C14H24N4O2/c1-6-9(2)11(12(15)19)17-13(20)10-7-16-18(8-10)14(3,4)5/h7-9,11H,6H2,1-5H3,(H2,15,19)(H,17,20). The molecule has 0 saturated carbocycles. The summed E-state index contributed by atoms with van der Waals surface area (Å²) in [7, 11) is 0. The molecule has 1 aromatic rings. The second kappa shape index (κ2) is 6.07. The minimum Gasteiger partial charge on any atom is -0.368 e. The Kier molecular flexibility index (Phi) is 4.92. The van der Waals surface area contributed by atoms with Crippen LogP contribution in [0.3, 0.4) is 0 Å². The third-order valence-corrected chi connectivity index (χ3v) is 3.34. The molecule has 20 heavy (non-hydrogen) atoms. The van der Waals surface area contributed by atoms with Crippen molar-refractivity contribution in [1.82, 2.24) is 15.1 Å². The van der Waals surface area contributed by atoms with E-state index in [-0.39, 0.29) is 17.4 Å². The summed E-state index contributed by atoms with van der Waals surface area (Å²) < 4.78 is 1.71. The normalized spacial score (nSPS) is 14.7. The lowest BCUT2D eigenvalue weighted by Crippen LogP contribution is -2.48. The van der Waals surface area contributed by atoms with Gasteiger partial charge in [0.1, 0.15) is 6.04 Å². The second-order valence-electron chi connectivity index (χ2n) is 6.08. The van der Waals surface area contributed by atoms with Crippen LogP contribution in [-0.4, -0.2) is 27.6 Å². The van der Waals surface area contributed by atoms with Crippen molar-refractivity contribution in [2.45, 2.75) is 52.6 Å². The van der Waals surface area contributed by atoms with Crippen LogP contribution < -0.4 is 11.1 Å². The Morgan fingerprint density at radius 3 is 2.45 bits per heavy atom. The molecule has 3 N–H and O–H groups in total. The van der Waals surface area contributed by atoms with E-state index in [9.17, 15) is 9.59 Å². The van der Waals surface area contributed by atoms with Crippen LogP contribution in [0.5, 0.6) is 0 Å². The lowest BCUT2D eigenvalue weighted by molar-refractivity contribution is -0.120. The van der Waals surface area contributed by atoms with Gasteiger partial charge in [-0.15, -0.1) is 0 Å². The Bertz CT molecular complexity index is 488. The summed E-state index contributed by atoms with van der Waals surface area (Å²) in [5.41, 5.74) is 5.57. The maximum atomic E-state index is 12.1. The molecule has 0 saturated heterocycles. The molecule has 2 unspecified atom stereocenters. The van der Waals surface area contributed by atoms with Gasteiger partial charge < -0.3 is 11.1 Å². The molecule has 0 aliphatic rings. The number of hydrogen-bond donors (Lipinski definition) is 2. The summed E-state index contributed by atoms with van der Waals surface area (Å²) in [5.74, 6) is -0.852. The van der Waals surface area contributed by atoms with Crippen molar-refractivity contribution in [3.05, 3.63) is 18.0 Å². The molecule has 6 heteroatoms. The third-order valence-electron chi connectivity index (χ3n) is 3.34. The zero-order valence-corrected chi connectivity index (χ0v) is 12.8. The van der Waals surface area contributed by atoms with Crippen LogP contribution in [0.25, 0.3) is 0 Å². The van der Waals surface area contributed by atoms with Gasteiger partial charge in [0.25, 0.3) is 5.91 Å². The van der Waals surface area contributed by atoms with E-state index in [1.165, 1.54) is 6.20 Å². The molecule has 0 fully saturated rings. The van der Waals surface area contributed by atoms with Gasteiger partial charge in [0.05, 0.1) is 17.3 Å². The van der Waals surface area contributed by atoms with Crippen molar-refractivity contribution in [3.63, 3.8) is 0 Å². The van der Waals surface area contributed by atoms with Crippen molar-refractivity contribution in [2.24, 2.45) is 11.7 Å². The first-order chi connectivity index (χ1) is 9.16. The van der Waals surface area contributed by atoms with Gasteiger partial charge in [0.15, 0.2) is 0 Å². The fraction of sp³-hybridized carbons (Fsp3) is 0.643. The van der Waals surface area contributed by atoms with Crippen LogP contribution in [0.2, 0.25) is 0 Å². The first-order valence-corrected chi connectivity index (χ1v) is 6.82. The molecular weight excluding hydrogens is 256 g/mol. The predicted octanol–water partition coefficient (Wildman–Crippen LogP) is 1.27. The lowest BCUT2D eigenvalue weighted by Gasteiger charge is -2.21. The van der Waals surface area contributed by atoms with Crippen LogP contribution in [0, 0.1) is 5.92 Å². The van der Waals surface area contributed by atoms with Gasteiger partial charge in [-0.1, -0.05) is 20.3 Å². The van der Waals surface area contributed by atoms with E-state index in [1.807, 2.05) is 34.6 Å². The van der Waals surface area contributed by atoms with Crippen molar-refractivity contribution >= 4 is 11.8 Å². The number of nitrogens with two attached hydrogens (primary N) is 1. The molecule has 2 amide bonds. The summed E-state index contributed by atoms with van der Waals surface area (Å²) in [6.07, 6.45) is 3.92. The van der Waals surface area contributed by atoms with Crippen LogP contribution >= 0.6 is 0 Å². The number of amides is 2. The Balaban J connectivity index is 2.85. The van der Waals surface area contributed by atoms with E-state index in [0.29, 0.717) is 5.56 Å². The molecule has 1 heterocycles. The molecular formula is C14H24N4O2. The number of rotatable bonds is 5. The number of primary amides is 1. The molecule has 2 atom stereocenters. The Morgan fingerprint density at radius 1 is 1.45 bits per heavy atom. The Morgan fingerprint density at radius 2 is 2.05 bits per heavy atom. The fourth-order valence-electron chi connectivity index (χ4n) is 1.76. The molecule has 1 rings (SSSR count). The fourth-order valence-corrected chi connectivity index (χ4v) is 1.76. The van der Waals surface area contributed by atoms with Gasteiger partial charge in [-0.25, -0.2) is 0 Å². The Hall–Kier alpha value is -1.85. The van der Waals surface area contributed by atoms with Gasteiger partial charge in [0, 0.05) is 6.20 Å². The van der Waals surface area contributed by atoms with Crippen molar-refractivity contribution < 1.29 is 9.59 Å². The van der Waals surface area contributed by atoms with E-state index in [4.69, 9.17) is 5.73 Å². The van der Waals surface area contributed by atoms with Crippen LogP contribution in [0.15, 0.2) is 12.4 Å². The second-order valence-corrected chi connectivity index (χ2v) is 6.08. The largest absolute Gasteiger partial charge is 0.368 e. The molecule has 0 aliphatic carbocycles. The molecule has 112 valence electrons. The molecule has 0 radical (unpaired) electrons. The highest BCUT2D eigenvalue weighted by Gasteiger charge is 2.25. The van der Waals surface area contributed by atoms with E-state index < -0.39 is 11.9 Å². The van der Waals surface area contributed by atoms with Gasteiger partial charge in [-0.2, -0.15) is 5.10 Å². The monoisotopic (exact) mass is 280 g/mol. The zero-order valence-electron chi connectivity index (χ0n) is 12.8. The summed E-state index contributed by atoms with van der Waals surface area (Å²) in [4.78, 5) is 23.6. The van der Waals surface area contributed by atoms with Crippen molar-refractivity contribution in [3.8, 4) is 0 Å². The summed E-state index contributed by atoms with van der Waals surface area (Å²) >= 11 is 0. The quantitative estimate of drug-likeness (QED) is 0.851. The Labute approximate surface area is 119 Å². The minimum absolute atomic E-state index is 0.00545. The summed E-state index contributed by atoms with van der Waals surface area (Å²) in [6, 6.07) is -0.662. The maximum Gasteiger partial charge on any atom is 0.255 e. The number of hydrogen-bond acceptors (Lipinski definition) is 3. The van der Waals surface area contributed by atoms with Gasteiger partial charge in [-0.05, 0) is 26.7 Å². The highest BCUT2D eigenvalue weighted by molar-refractivity contribution is 5.97. The first kappa shape index (κ1) is 16.2. The molecule has 6 nitrogen and oxygen atoms in total. The van der Waals surface area contributed by atoms with Crippen LogP contribution in [0.4, 0.5) is 0 Å². The lowest BCUT2D eigenvalue weighted by atomic mass is 9.98. The number of nitrogens with zero attached hydrogens (tertiary/aromatic N) is 2. The SMILES string of the molecule is CCC(C)C(NC(=O)c1cnn(C(C)(C)C)c1)C(N)=O. The van der Waals surface area contributed by atoms with Crippen molar-refractivity contribution in [2.75, 3.05) is 0 Å². The van der Waals surface area contributed by atoms with E-state index >= 15 is 0 Å². The zero-order chi connectivity index (χ0) is 15.5. The van der Waals surface area contributed by atoms with Gasteiger partial charge >= 0.3 is 0 Å². The third kappa shape index (κ3) is 3.82. The van der Waals surface area contributed by atoms with Crippen molar-refractivity contribution in [1.29, 1.82) is 0 Å². The highest BCUT2D eigenvalue weighted by atomic mass is 16.2. The molecule has 0 aromatic carbocycles. The van der Waals surface area contributed by atoms with E-state index in [2.05, 4.69) is 10.4 Å².